The summed E-state index contributed by atoms with van der Waals surface area (Å²) in [5.74, 6) is -0.592. The number of fused-ring (bicyclic) bond motifs is 1. The molecule has 0 fully saturated rings. The van der Waals surface area contributed by atoms with E-state index in [1.165, 1.54) is 19.2 Å². The molecule has 1 aliphatic heterocycles. The van der Waals surface area contributed by atoms with Gasteiger partial charge in [-0.3, -0.25) is 4.79 Å². The zero-order chi connectivity index (χ0) is 26.8. The molecule has 1 aromatic heterocycles. The minimum absolute atomic E-state index is 0.0472. The van der Waals surface area contributed by atoms with Gasteiger partial charge in [-0.25, -0.2) is 13.8 Å². The Labute approximate surface area is 215 Å². The third-order valence-corrected chi connectivity index (χ3v) is 5.55. The van der Waals surface area contributed by atoms with Crippen LogP contribution < -0.4 is 9.47 Å². The molecule has 0 radical (unpaired) electrons. The molecule has 0 aliphatic carbocycles. The highest BCUT2D eigenvalue weighted by molar-refractivity contribution is 6.34. The fraction of sp³-hybridized carbons (Fsp3) is 0.333. The van der Waals surface area contributed by atoms with E-state index >= 15 is 0 Å². The summed E-state index contributed by atoms with van der Waals surface area (Å²) in [7, 11) is 4.77. The number of ether oxygens (including phenoxy) is 3. The summed E-state index contributed by atoms with van der Waals surface area (Å²) in [5, 5.41) is 0.104. The van der Waals surface area contributed by atoms with Crippen LogP contribution in [0.1, 0.15) is 42.4 Å². The first-order valence-electron chi connectivity index (χ1n) is 11.5. The number of benzene rings is 2. The van der Waals surface area contributed by atoms with Gasteiger partial charge in [0.2, 0.25) is 0 Å². The highest BCUT2D eigenvalue weighted by atomic mass is 35.5. The van der Waals surface area contributed by atoms with Crippen molar-refractivity contribution in [3.05, 3.63) is 75.9 Å². The molecular formula is C27H31ClF2N2O4. The molecule has 0 saturated carbocycles. The van der Waals surface area contributed by atoms with Gasteiger partial charge in [0.15, 0.2) is 0 Å². The standard InChI is InChI=1S/C22H17ClF2N2O3.C3H8O.C2H6/c1-29-13-7-6-12(19(8-13)30-2)10-27-11-18-20(22(27)28)14(23)9-17(26-18)21-15(24)4-3-5-16(21)25;1-3-4-2;1-2/h3-9H,10-11H2,1-2H3;3H2,1-2H3;1-2H3. The van der Waals surface area contributed by atoms with Crippen LogP contribution in [0.2, 0.25) is 5.02 Å². The largest absolute Gasteiger partial charge is 0.497 e. The number of carbonyl (C=O) groups is 1. The van der Waals surface area contributed by atoms with Crippen LogP contribution in [0.15, 0.2) is 42.5 Å². The third-order valence-electron chi connectivity index (χ3n) is 5.25. The fourth-order valence-corrected chi connectivity index (χ4v) is 3.79. The van der Waals surface area contributed by atoms with Gasteiger partial charge < -0.3 is 19.1 Å². The number of aromatic nitrogens is 1. The van der Waals surface area contributed by atoms with E-state index in [9.17, 15) is 13.6 Å². The van der Waals surface area contributed by atoms with Gasteiger partial charge >= 0.3 is 0 Å². The van der Waals surface area contributed by atoms with Gasteiger partial charge in [0, 0.05) is 25.3 Å². The van der Waals surface area contributed by atoms with Gasteiger partial charge in [0.1, 0.15) is 23.1 Å². The van der Waals surface area contributed by atoms with E-state index in [0.717, 1.165) is 24.3 Å². The van der Waals surface area contributed by atoms with Crippen LogP contribution in [-0.4, -0.2) is 43.7 Å². The predicted molar refractivity (Wildman–Crippen MR) is 137 cm³/mol. The summed E-state index contributed by atoms with van der Waals surface area (Å²) in [4.78, 5) is 18.8. The van der Waals surface area contributed by atoms with Gasteiger partial charge in [-0.2, -0.15) is 0 Å². The molecule has 1 amide bonds. The van der Waals surface area contributed by atoms with E-state index in [0.29, 0.717) is 17.2 Å². The molecule has 0 bridgehead atoms. The molecule has 0 N–H and O–H groups in total. The number of amides is 1. The van der Waals surface area contributed by atoms with Crippen LogP contribution in [-0.2, 0) is 17.8 Å². The van der Waals surface area contributed by atoms with Crippen molar-refractivity contribution in [3.63, 3.8) is 0 Å². The number of methoxy groups -OCH3 is 3. The van der Waals surface area contributed by atoms with Crippen molar-refractivity contribution in [3.8, 4) is 22.8 Å². The van der Waals surface area contributed by atoms with Gasteiger partial charge in [-0.15, -0.1) is 0 Å². The summed E-state index contributed by atoms with van der Waals surface area (Å²) in [6, 6.07) is 10.2. The van der Waals surface area contributed by atoms with Gasteiger partial charge in [0.05, 0.1) is 54.8 Å². The van der Waals surface area contributed by atoms with Crippen LogP contribution in [0.5, 0.6) is 11.5 Å². The fourth-order valence-electron chi connectivity index (χ4n) is 3.50. The van der Waals surface area contributed by atoms with Crippen LogP contribution in [0.25, 0.3) is 11.3 Å². The molecule has 0 unspecified atom stereocenters. The predicted octanol–water partition coefficient (Wildman–Crippen LogP) is 6.53. The Bertz CT molecular complexity index is 1170. The Morgan fingerprint density at radius 2 is 1.64 bits per heavy atom. The minimum Gasteiger partial charge on any atom is -0.497 e. The Morgan fingerprint density at radius 3 is 2.19 bits per heavy atom. The maximum atomic E-state index is 14.2. The third kappa shape index (κ3) is 6.50. The SMILES string of the molecule is CC.CCOC.COc1ccc(CN2Cc3nc(-c4c(F)cccc4F)cc(Cl)c3C2=O)c(OC)c1. The topological polar surface area (TPSA) is 60.9 Å². The van der Waals surface area contributed by atoms with Crippen molar-refractivity contribution < 1.29 is 27.8 Å². The van der Waals surface area contributed by atoms with Crippen molar-refractivity contribution in [2.75, 3.05) is 27.9 Å². The summed E-state index contributed by atoms with van der Waals surface area (Å²) in [6.45, 7) is 7.19. The first-order chi connectivity index (χ1) is 17.3. The highest BCUT2D eigenvalue weighted by Gasteiger charge is 2.33. The molecule has 2 heterocycles. The first kappa shape index (κ1) is 29.0. The number of hydrogen-bond acceptors (Lipinski definition) is 5. The van der Waals surface area contributed by atoms with Gasteiger partial charge in [-0.05, 0) is 37.3 Å². The van der Waals surface area contributed by atoms with Crippen LogP contribution >= 0.6 is 11.6 Å². The maximum absolute atomic E-state index is 14.2. The van der Waals surface area contributed by atoms with E-state index in [1.54, 1.807) is 31.3 Å². The minimum atomic E-state index is -0.748. The number of nitrogens with zero attached hydrogens (tertiary/aromatic N) is 2. The Kier molecular flexibility index (Phi) is 11.1. The molecule has 1 aliphatic rings. The quantitative estimate of drug-likeness (QED) is 0.369. The molecule has 3 aromatic rings. The molecule has 2 aromatic carbocycles. The molecule has 194 valence electrons. The van der Waals surface area contributed by atoms with Crippen molar-refractivity contribution in [2.45, 2.75) is 33.9 Å². The average Bonchev–Trinajstić information content (AvgIpc) is 3.20. The Morgan fingerprint density at radius 1 is 1.00 bits per heavy atom. The lowest BCUT2D eigenvalue weighted by Crippen LogP contribution is -2.23. The number of hydrogen-bond donors (Lipinski definition) is 0. The summed E-state index contributed by atoms with van der Waals surface area (Å²) >= 11 is 6.32. The van der Waals surface area contributed by atoms with Crippen molar-refractivity contribution in [2.24, 2.45) is 0 Å². The summed E-state index contributed by atoms with van der Waals surface area (Å²) in [6.07, 6.45) is 0. The molecule has 9 heteroatoms. The Balaban J connectivity index is 0.000000694. The van der Waals surface area contributed by atoms with E-state index < -0.39 is 11.6 Å². The molecule has 36 heavy (non-hydrogen) atoms. The lowest BCUT2D eigenvalue weighted by molar-refractivity contribution is 0.0765. The Hall–Kier alpha value is -3.23. The van der Waals surface area contributed by atoms with Gasteiger partial charge in [0.25, 0.3) is 5.91 Å². The molecule has 6 nitrogen and oxygen atoms in total. The average molecular weight is 521 g/mol. The van der Waals surface area contributed by atoms with Crippen molar-refractivity contribution in [1.82, 2.24) is 9.88 Å². The smallest absolute Gasteiger partial charge is 0.257 e. The number of carbonyl (C=O) groups excluding carboxylic acids is 1. The lowest BCUT2D eigenvalue weighted by Gasteiger charge is -2.18. The molecule has 0 saturated heterocycles. The zero-order valence-electron chi connectivity index (χ0n) is 21.3. The van der Waals surface area contributed by atoms with E-state index in [2.05, 4.69) is 9.72 Å². The summed E-state index contributed by atoms with van der Waals surface area (Å²) in [5.41, 5.74) is 1.16. The van der Waals surface area contributed by atoms with E-state index in [4.69, 9.17) is 21.1 Å². The maximum Gasteiger partial charge on any atom is 0.257 e. The highest BCUT2D eigenvalue weighted by Crippen LogP contribution is 2.35. The van der Waals surface area contributed by atoms with Gasteiger partial charge in [-0.1, -0.05) is 31.5 Å². The van der Waals surface area contributed by atoms with Crippen LogP contribution in [0, 0.1) is 11.6 Å². The van der Waals surface area contributed by atoms with Crippen molar-refractivity contribution >= 4 is 17.5 Å². The second-order valence-electron chi connectivity index (χ2n) is 7.32. The van der Waals surface area contributed by atoms with E-state index in [1.807, 2.05) is 26.8 Å². The second kappa shape index (κ2) is 13.8. The molecule has 4 rings (SSSR count). The van der Waals surface area contributed by atoms with Crippen molar-refractivity contribution in [1.29, 1.82) is 0 Å². The number of halogens is 3. The number of rotatable bonds is 6. The van der Waals surface area contributed by atoms with Crippen LogP contribution in [0.3, 0.4) is 0 Å². The van der Waals surface area contributed by atoms with Crippen LogP contribution in [0.4, 0.5) is 8.78 Å². The zero-order valence-corrected chi connectivity index (χ0v) is 22.1. The lowest BCUT2D eigenvalue weighted by atomic mass is 10.1. The van der Waals surface area contributed by atoms with E-state index in [-0.39, 0.29) is 40.8 Å². The monoisotopic (exact) mass is 520 g/mol. The molecule has 0 spiro atoms. The molecule has 0 atom stereocenters. The molecular weight excluding hydrogens is 490 g/mol. The normalized spacial score (nSPS) is 11.7. The summed E-state index contributed by atoms with van der Waals surface area (Å²) < 4.78 is 43.5. The second-order valence-corrected chi connectivity index (χ2v) is 7.73. The first-order valence-corrected chi connectivity index (χ1v) is 11.8. The number of pyridine rings is 1.